The zero-order chi connectivity index (χ0) is 11.4. The van der Waals surface area contributed by atoms with Crippen molar-refractivity contribution in [3.63, 3.8) is 0 Å². The molecular formula is C7H7F3O4. The molecule has 0 aromatic heterocycles. The zero-order valence-electron chi connectivity index (χ0n) is 7.34. The van der Waals surface area contributed by atoms with E-state index in [2.05, 4.69) is 9.47 Å². The van der Waals surface area contributed by atoms with Crippen LogP contribution in [0.25, 0.3) is 0 Å². The van der Waals surface area contributed by atoms with Crippen molar-refractivity contribution in [2.45, 2.75) is 13.1 Å². The zero-order valence-corrected chi connectivity index (χ0v) is 7.34. The van der Waals surface area contributed by atoms with Crippen molar-refractivity contribution in [1.82, 2.24) is 0 Å². The average molecular weight is 212 g/mol. The molecule has 0 radical (unpaired) electrons. The van der Waals surface area contributed by atoms with Gasteiger partial charge in [0.1, 0.15) is 0 Å². The molecule has 0 aromatic rings. The molecule has 0 aliphatic heterocycles. The van der Waals surface area contributed by atoms with Gasteiger partial charge in [-0.2, -0.15) is 13.2 Å². The second-order valence-corrected chi connectivity index (χ2v) is 2.12. The second kappa shape index (κ2) is 4.64. The van der Waals surface area contributed by atoms with E-state index in [1.54, 1.807) is 0 Å². The first-order valence-corrected chi connectivity index (χ1v) is 3.32. The van der Waals surface area contributed by atoms with Crippen LogP contribution in [0.15, 0.2) is 11.8 Å². The normalized spacial score (nSPS) is 12.2. The van der Waals surface area contributed by atoms with E-state index in [1.165, 1.54) is 0 Å². The number of carbonyl (C=O) groups is 2. The van der Waals surface area contributed by atoms with Crippen molar-refractivity contribution < 1.29 is 32.2 Å². The van der Waals surface area contributed by atoms with Gasteiger partial charge in [0.05, 0.1) is 13.2 Å². The molecule has 0 amide bonds. The Kier molecular flexibility index (Phi) is 4.13. The van der Waals surface area contributed by atoms with Crippen LogP contribution < -0.4 is 0 Å². The first-order chi connectivity index (χ1) is 6.27. The van der Waals surface area contributed by atoms with Crippen LogP contribution in [-0.4, -0.2) is 25.2 Å². The standard InChI is InChI=1S/C7H7F3O4/c1-4(11)14-5(7(8,9)10)3-6(12)13-2/h3H,1-2H3/b5-3-. The van der Waals surface area contributed by atoms with Crippen LogP contribution in [0.3, 0.4) is 0 Å². The highest BCUT2D eigenvalue weighted by molar-refractivity contribution is 5.83. The fourth-order valence-electron chi connectivity index (χ4n) is 0.490. The molecule has 0 aliphatic rings. The third-order valence-corrected chi connectivity index (χ3v) is 0.983. The topological polar surface area (TPSA) is 52.6 Å². The van der Waals surface area contributed by atoms with Gasteiger partial charge in [-0.3, -0.25) is 4.79 Å². The SMILES string of the molecule is COC(=O)/C=C(\OC(C)=O)C(F)(F)F. The molecule has 0 spiro atoms. The summed E-state index contributed by atoms with van der Waals surface area (Å²) in [5.74, 6) is -4.12. The van der Waals surface area contributed by atoms with Gasteiger partial charge >= 0.3 is 18.1 Å². The minimum atomic E-state index is -4.90. The van der Waals surface area contributed by atoms with Gasteiger partial charge in [0, 0.05) is 6.92 Å². The molecular weight excluding hydrogens is 205 g/mol. The molecule has 0 fully saturated rings. The number of rotatable bonds is 2. The number of ether oxygens (including phenoxy) is 2. The summed E-state index contributed by atoms with van der Waals surface area (Å²) in [6.45, 7) is 0.789. The Balaban J connectivity index is 4.82. The lowest BCUT2D eigenvalue weighted by Gasteiger charge is -2.09. The Morgan fingerprint density at radius 2 is 1.79 bits per heavy atom. The smallest absolute Gasteiger partial charge is 0.449 e. The molecule has 7 heteroatoms. The van der Waals surface area contributed by atoms with E-state index in [0.717, 1.165) is 14.0 Å². The number of carbonyl (C=O) groups excluding carboxylic acids is 2. The maximum absolute atomic E-state index is 12.0. The van der Waals surface area contributed by atoms with Crippen molar-refractivity contribution in [1.29, 1.82) is 0 Å². The Morgan fingerprint density at radius 1 is 1.29 bits per heavy atom. The van der Waals surface area contributed by atoms with Gasteiger partial charge < -0.3 is 9.47 Å². The van der Waals surface area contributed by atoms with Gasteiger partial charge in [-0.1, -0.05) is 0 Å². The lowest BCUT2D eigenvalue weighted by atomic mass is 10.4. The van der Waals surface area contributed by atoms with Crippen LogP contribution >= 0.6 is 0 Å². The fraction of sp³-hybridized carbons (Fsp3) is 0.429. The van der Waals surface area contributed by atoms with E-state index < -0.39 is 23.9 Å². The highest BCUT2D eigenvalue weighted by atomic mass is 19.4. The number of methoxy groups -OCH3 is 1. The fourth-order valence-corrected chi connectivity index (χ4v) is 0.490. The van der Waals surface area contributed by atoms with Crippen LogP contribution in [0.2, 0.25) is 0 Å². The highest BCUT2D eigenvalue weighted by Crippen LogP contribution is 2.26. The monoisotopic (exact) mass is 212 g/mol. The molecule has 0 heterocycles. The van der Waals surface area contributed by atoms with Gasteiger partial charge in [0.15, 0.2) is 0 Å². The lowest BCUT2D eigenvalue weighted by Crippen LogP contribution is -2.18. The summed E-state index contributed by atoms with van der Waals surface area (Å²) in [5, 5.41) is 0. The number of allylic oxidation sites excluding steroid dienone is 1. The van der Waals surface area contributed by atoms with Crippen LogP contribution in [0.1, 0.15) is 6.92 Å². The third kappa shape index (κ3) is 4.48. The molecule has 0 saturated carbocycles. The molecule has 0 saturated heterocycles. The predicted molar refractivity (Wildman–Crippen MR) is 37.9 cm³/mol. The number of halogens is 3. The van der Waals surface area contributed by atoms with Crippen molar-refractivity contribution in [3.05, 3.63) is 11.8 Å². The molecule has 80 valence electrons. The van der Waals surface area contributed by atoms with Crippen LogP contribution in [0, 0.1) is 0 Å². The maximum atomic E-state index is 12.0. The summed E-state index contributed by atoms with van der Waals surface area (Å²) in [4.78, 5) is 20.7. The van der Waals surface area contributed by atoms with Crippen molar-refractivity contribution >= 4 is 11.9 Å². The number of esters is 2. The van der Waals surface area contributed by atoms with Crippen molar-refractivity contribution in [3.8, 4) is 0 Å². The lowest BCUT2D eigenvalue weighted by molar-refractivity contribution is -0.159. The first kappa shape index (κ1) is 12.5. The third-order valence-electron chi connectivity index (χ3n) is 0.983. The summed E-state index contributed by atoms with van der Waals surface area (Å²) in [6, 6.07) is 0. The number of hydrogen-bond acceptors (Lipinski definition) is 4. The molecule has 14 heavy (non-hydrogen) atoms. The number of hydrogen-bond donors (Lipinski definition) is 0. The van der Waals surface area contributed by atoms with Crippen molar-refractivity contribution in [2.24, 2.45) is 0 Å². The van der Waals surface area contributed by atoms with Crippen LogP contribution in [-0.2, 0) is 19.1 Å². The van der Waals surface area contributed by atoms with E-state index >= 15 is 0 Å². The summed E-state index contributed by atoms with van der Waals surface area (Å²) in [7, 11) is 0.903. The molecule has 4 nitrogen and oxygen atoms in total. The van der Waals surface area contributed by atoms with E-state index in [1.807, 2.05) is 0 Å². The van der Waals surface area contributed by atoms with Gasteiger partial charge in [-0.15, -0.1) is 0 Å². The Labute approximate surface area is 77.3 Å². The molecule has 0 rings (SSSR count). The van der Waals surface area contributed by atoms with Crippen LogP contribution in [0.5, 0.6) is 0 Å². The van der Waals surface area contributed by atoms with Gasteiger partial charge in [0.25, 0.3) is 0 Å². The van der Waals surface area contributed by atoms with E-state index in [4.69, 9.17) is 0 Å². The summed E-state index contributed by atoms with van der Waals surface area (Å²) < 4.78 is 43.8. The molecule has 0 unspecified atom stereocenters. The molecule has 0 aromatic carbocycles. The maximum Gasteiger partial charge on any atom is 0.449 e. The summed E-state index contributed by atoms with van der Waals surface area (Å²) >= 11 is 0. The molecule has 0 N–H and O–H groups in total. The first-order valence-electron chi connectivity index (χ1n) is 3.32. The Morgan fingerprint density at radius 3 is 2.07 bits per heavy atom. The quantitative estimate of drug-likeness (QED) is 0.391. The Hall–Kier alpha value is -1.53. The van der Waals surface area contributed by atoms with Crippen LogP contribution in [0.4, 0.5) is 13.2 Å². The highest BCUT2D eigenvalue weighted by Gasteiger charge is 2.37. The van der Waals surface area contributed by atoms with E-state index in [0.29, 0.717) is 0 Å². The predicted octanol–water partition coefficient (Wildman–Crippen LogP) is 1.17. The van der Waals surface area contributed by atoms with Crippen molar-refractivity contribution in [2.75, 3.05) is 7.11 Å². The molecule has 0 bridgehead atoms. The average Bonchev–Trinajstić information content (AvgIpc) is 2.00. The van der Waals surface area contributed by atoms with Gasteiger partial charge in [0.2, 0.25) is 5.76 Å². The minimum absolute atomic E-state index is 0.0569. The minimum Gasteiger partial charge on any atom is -0.466 e. The molecule has 0 atom stereocenters. The van der Waals surface area contributed by atoms with E-state index in [9.17, 15) is 22.8 Å². The van der Waals surface area contributed by atoms with Gasteiger partial charge in [-0.25, -0.2) is 4.79 Å². The van der Waals surface area contributed by atoms with E-state index in [-0.39, 0.29) is 6.08 Å². The second-order valence-electron chi connectivity index (χ2n) is 2.12. The molecule has 0 aliphatic carbocycles. The summed E-state index contributed by atoms with van der Waals surface area (Å²) in [5.41, 5.74) is 0. The number of alkyl halides is 3. The van der Waals surface area contributed by atoms with Gasteiger partial charge in [-0.05, 0) is 0 Å². The Bertz CT molecular complexity index is 267. The summed E-state index contributed by atoms with van der Waals surface area (Å²) in [6.07, 6.45) is -4.85. The largest absolute Gasteiger partial charge is 0.466 e.